The van der Waals surface area contributed by atoms with Crippen molar-refractivity contribution in [1.29, 1.82) is 0 Å². The molecule has 0 saturated carbocycles. The first kappa shape index (κ1) is 7.66. The van der Waals surface area contributed by atoms with E-state index in [1.165, 1.54) is 30.4 Å². The molecule has 1 aliphatic carbocycles. The van der Waals surface area contributed by atoms with Gasteiger partial charge in [-0.3, -0.25) is 0 Å². The summed E-state index contributed by atoms with van der Waals surface area (Å²) in [5, 5.41) is 0. The highest BCUT2D eigenvalue weighted by Gasteiger charge is 2.07. The molecule has 0 aliphatic heterocycles. The average Bonchev–Trinajstić information content (AvgIpc) is 2.65. The third kappa shape index (κ3) is 1.45. The molecule has 0 aromatic carbocycles. The standard InChI is InChI=1S/C11H14O/c1-9-7-12-8-11(9)6-10-4-2-3-5-10/h4,7-8H,2-3,5-6H2,1H3. The molecule has 0 unspecified atom stereocenters. The molecule has 0 spiro atoms. The molecule has 1 aromatic heterocycles. The molecule has 0 N–H and O–H groups in total. The van der Waals surface area contributed by atoms with Crippen molar-refractivity contribution in [2.75, 3.05) is 0 Å². The van der Waals surface area contributed by atoms with Crippen LogP contribution in [0.3, 0.4) is 0 Å². The summed E-state index contributed by atoms with van der Waals surface area (Å²) in [7, 11) is 0. The molecule has 64 valence electrons. The van der Waals surface area contributed by atoms with Gasteiger partial charge in [0, 0.05) is 0 Å². The predicted octanol–water partition coefficient (Wildman–Crippen LogP) is 3.24. The average molecular weight is 162 g/mol. The summed E-state index contributed by atoms with van der Waals surface area (Å²) in [6.45, 7) is 2.11. The largest absolute Gasteiger partial charge is 0.472 e. The quantitative estimate of drug-likeness (QED) is 0.608. The van der Waals surface area contributed by atoms with Gasteiger partial charge in [-0.1, -0.05) is 11.6 Å². The summed E-state index contributed by atoms with van der Waals surface area (Å²) in [5.74, 6) is 0. The Hall–Kier alpha value is -0.980. The number of hydrogen-bond acceptors (Lipinski definition) is 1. The molecule has 1 aromatic rings. The molecule has 1 heteroatoms. The molecule has 0 fully saturated rings. The zero-order valence-corrected chi connectivity index (χ0v) is 7.47. The minimum absolute atomic E-state index is 1.10. The fourth-order valence-electron chi connectivity index (χ4n) is 1.71. The predicted molar refractivity (Wildman–Crippen MR) is 49.1 cm³/mol. The number of allylic oxidation sites excluding steroid dienone is 2. The molecular weight excluding hydrogens is 148 g/mol. The van der Waals surface area contributed by atoms with Gasteiger partial charge in [0.25, 0.3) is 0 Å². The van der Waals surface area contributed by atoms with E-state index in [1.54, 1.807) is 5.57 Å². The van der Waals surface area contributed by atoms with Gasteiger partial charge in [-0.15, -0.1) is 0 Å². The Morgan fingerprint density at radius 1 is 1.42 bits per heavy atom. The van der Waals surface area contributed by atoms with Gasteiger partial charge < -0.3 is 4.42 Å². The lowest BCUT2D eigenvalue weighted by molar-refractivity contribution is 0.563. The first-order valence-corrected chi connectivity index (χ1v) is 4.56. The number of aryl methyl sites for hydroxylation is 1. The van der Waals surface area contributed by atoms with Crippen LogP contribution in [0.2, 0.25) is 0 Å². The van der Waals surface area contributed by atoms with Gasteiger partial charge in [0.2, 0.25) is 0 Å². The number of furan rings is 1. The second-order valence-corrected chi connectivity index (χ2v) is 3.51. The van der Waals surface area contributed by atoms with E-state index in [0.29, 0.717) is 0 Å². The monoisotopic (exact) mass is 162 g/mol. The van der Waals surface area contributed by atoms with Crippen molar-refractivity contribution in [3.05, 3.63) is 35.3 Å². The van der Waals surface area contributed by atoms with Gasteiger partial charge in [-0.25, -0.2) is 0 Å². The Kier molecular flexibility index (Phi) is 2.03. The lowest BCUT2D eigenvalue weighted by Gasteiger charge is -1.98. The van der Waals surface area contributed by atoms with E-state index >= 15 is 0 Å². The molecule has 0 radical (unpaired) electrons. The van der Waals surface area contributed by atoms with Crippen LogP contribution in [0.25, 0.3) is 0 Å². The lowest BCUT2D eigenvalue weighted by atomic mass is 10.1. The van der Waals surface area contributed by atoms with E-state index in [9.17, 15) is 0 Å². The van der Waals surface area contributed by atoms with Crippen LogP contribution >= 0.6 is 0 Å². The van der Waals surface area contributed by atoms with Crippen molar-refractivity contribution in [3.63, 3.8) is 0 Å². The van der Waals surface area contributed by atoms with Crippen LogP contribution in [0.1, 0.15) is 30.4 Å². The molecule has 0 atom stereocenters. The van der Waals surface area contributed by atoms with Crippen LogP contribution < -0.4 is 0 Å². The maximum atomic E-state index is 5.13. The maximum Gasteiger partial charge on any atom is 0.0940 e. The fourth-order valence-corrected chi connectivity index (χ4v) is 1.71. The van der Waals surface area contributed by atoms with Gasteiger partial charge in [0.1, 0.15) is 0 Å². The topological polar surface area (TPSA) is 13.1 Å². The SMILES string of the molecule is Cc1cocc1CC1=CCCC1. The maximum absolute atomic E-state index is 5.13. The molecule has 0 amide bonds. The van der Waals surface area contributed by atoms with Gasteiger partial charge in [-0.2, -0.15) is 0 Å². The molecular formula is C11H14O. The Labute approximate surface area is 73.1 Å². The van der Waals surface area contributed by atoms with Gasteiger partial charge >= 0.3 is 0 Å². The summed E-state index contributed by atoms with van der Waals surface area (Å²) in [6.07, 6.45) is 11.1. The zero-order valence-electron chi connectivity index (χ0n) is 7.47. The molecule has 0 bridgehead atoms. The number of rotatable bonds is 2. The first-order chi connectivity index (χ1) is 5.86. The Morgan fingerprint density at radius 3 is 2.92 bits per heavy atom. The van der Waals surface area contributed by atoms with Crippen LogP contribution in [-0.2, 0) is 6.42 Å². The van der Waals surface area contributed by atoms with E-state index in [2.05, 4.69) is 13.0 Å². The summed E-state index contributed by atoms with van der Waals surface area (Å²) in [6, 6.07) is 0. The Morgan fingerprint density at radius 2 is 2.33 bits per heavy atom. The molecule has 2 rings (SSSR count). The number of hydrogen-bond donors (Lipinski definition) is 0. The lowest BCUT2D eigenvalue weighted by Crippen LogP contribution is -1.87. The second-order valence-electron chi connectivity index (χ2n) is 3.51. The van der Waals surface area contributed by atoms with Crippen LogP contribution in [0.4, 0.5) is 0 Å². The summed E-state index contributed by atoms with van der Waals surface area (Å²) >= 11 is 0. The van der Waals surface area contributed by atoms with Crippen molar-refractivity contribution in [2.45, 2.75) is 32.6 Å². The van der Waals surface area contributed by atoms with E-state index in [0.717, 1.165) is 6.42 Å². The summed E-state index contributed by atoms with van der Waals surface area (Å²) in [5.41, 5.74) is 4.21. The molecule has 1 nitrogen and oxygen atoms in total. The minimum Gasteiger partial charge on any atom is -0.472 e. The zero-order chi connectivity index (χ0) is 8.39. The van der Waals surface area contributed by atoms with Gasteiger partial charge in [-0.05, 0) is 43.7 Å². The fraction of sp³-hybridized carbons (Fsp3) is 0.455. The van der Waals surface area contributed by atoms with Crippen LogP contribution in [0, 0.1) is 6.92 Å². The summed E-state index contributed by atoms with van der Waals surface area (Å²) < 4.78 is 5.13. The normalized spacial score (nSPS) is 16.6. The van der Waals surface area contributed by atoms with Crippen molar-refractivity contribution in [3.8, 4) is 0 Å². The van der Waals surface area contributed by atoms with Gasteiger partial charge in [0.15, 0.2) is 0 Å². The Bertz CT molecular complexity index is 294. The minimum atomic E-state index is 1.10. The second kappa shape index (κ2) is 3.18. The highest BCUT2D eigenvalue weighted by atomic mass is 16.3. The third-order valence-electron chi connectivity index (χ3n) is 2.51. The van der Waals surface area contributed by atoms with E-state index < -0.39 is 0 Å². The Balaban J connectivity index is 2.08. The van der Waals surface area contributed by atoms with Gasteiger partial charge in [0.05, 0.1) is 12.5 Å². The molecule has 12 heavy (non-hydrogen) atoms. The van der Waals surface area contributed by atoms with E-state index in [4.69, 9.17) is 4.42 Å². The van der Waals surface area contributed by atoms with E-state index in [1.807, 2.05) is 12.5 Å². The molecule has 1 aliphatic rings. The first-order valence-electron chi connectivity index (χ1n) is 4.56. The molecule has 1 heterocycles. The van der Waals surface area contributed by atoms with Crippen LogP contribution in [0.15, 0.2) is 28.6 Å². The van der Waals surface area contributed by atoms with Crippen molar-refractivity contribution in [2.24, 2.45) is 0 Å². The van der Waals surface area contributed by atoms with E-state index in [-0.39, 0.29) is 0 Å². The third-order valence-corrected chi connectivity index (χ3v) is 2.51. The smallest absolute Gasteiger partial charge is 0.0940 e. The molecule has 0 saturated heterocycles. The highest BCUT2D eigenvalue weighted by Crippen LogP contribution is 2.23. The van der Waals surface area contributed by atoms with Crippen LogP contribution in [-0.4, -0.2) is 0 Å². The highest BCUT2D eigenvalue weighted by molar-refractivity contribution is 5.26. The van der Waals surface area contributed by atoms with Crippen molar-refractivity contribution in [1.82, 2.24) is 0 Å². The van der Waals surface area contributed by atoms with Crippen molar-refractivity contribution < 1.29 is 4.42 Å². The van der Waals surface area contributed by atoms with Crippen molar-refractivity contribution >= 4 is 0 Å². The summed E-state index contributed by atoms with van der Waals surface area (Å²) in [4.78, 5) is 0. The van der Waals surface area contributed by atoms with Crippen LogP contribution in [0.5, 0.6) is 0 Å².